The van der Waals surface area contributed by atoms with Crippen molar-refractivity contribution in [2.24, 2.45) is 0 Å². The molecule has 0 radical (unpaired) electrons. The van der Waals surface area contributed by atoms with E-state index >= 15 is 0 Å². The molecule has 184 valence electrons. The molecule has 0 spiro atoms. The van der Waals surface area contributed by atoms with E-state index in [0.29, 0.717) is 25.3 Å². The van der Waals surface area contributed by atoms with Crippen molar-refractivity contribution in [3.05, 3.63) is 98.0 Å². The molecule has 1 atom stereocenters. The summed E-state index contributed by atoms with van der Waals surface area (Å²) in [5.41, 5.74) is 1.94. The summed E-state index contributed by atoms with van der Waals surface area (Å²) in [6.07, 6.45) is 2.29. The van der Waals surface area contributed by atoms with E-state index in [0.717, 1.165) is 32.0 Å². The highest BCUT2D eigenvalue weighted by molar-refractivity contribution is 14.1. The first-order chi connectivity index (χ1) is 17.0. The van der Waals surface area contributed by atoms with Crippen LogP contribution in [-0.2, 0) is 22.6 Å². The Labute approximate surface area is 229 Å². The monoisotopic (exact) mass is 648 g/mol. The van der Waals surface area contributed by atoms with Crippen LogP contribution in [0.25, 0.3) is 0 Å². The van der Waals surface area contributed by atoms with E-state index in [1.165, 1.54) is 0 Å². The van der Waals surface area contributed by atoms with Crippen LogP contribution in [0.3, 0.4) is 0 Å². The number of hydrogen-bond acceptors (Lipinski definition) is 3. The van der Waals surface area contributed by atoms with Crippen LogP contribution in [0.5, 0.6) is 5.75 Å². The Morgan fingerprint density at radius 1 is 0.971 bits per heavy atom. The lowest BCUT2D eigenvalue weighted by molar-refractivity contribution is -0.142. The average Bonchev–Trinajstić information content (AvgIpc) is 2.87. The van der Waals surface area contributed by atoms with Gasteiger partial charge in [-0.25, -0.2) is 0 Å². The summed E-state index contributed by atoms with van der Waals surface area (Å²) in [6, 6.07) is 24.5. The minimum Gasteiger partial charge on any atom is -0.484 e. The van der Waals surface area contributed by atoms with Gasteiger partial charge >= 0.3 is 0 Å². The van der Waals surface area contributed by atoms with Crippen molar-refractivity contribution in [1.82, 2.24) is 10.2 Å². The molecule has 0 saturated heterocycles. The molecule has 0 saturated carbocycles. The Kier molecular flexibility index (Phi) is 11.1. The van der Waals surface area contributed by atoms with Crippen molar-refractivity contribution in [1.29, 1.82) is 0 Å². The zero-order valence-electron chi connectivity index (χ0n) is 19.8. The highest BCUT2D eigenvalue weighted by Gasteiger charge is 2.30. The Hall–Kier alpha value is -2.39. The molecule has 0 bridgehead atoms. The normalized spacial score (nSPS) is 11.5. The SMILES string of the molecule is CCCCNC(=O)[C@H](Cc1ccccc1)N(Cc1ccc(Br)cc1)C(=O)COc1ccc(I)cc1. The minimum absolute atomic E-state index is 0.148. The standard InChI is InChI=1S/C28H30BrIN2O3/c1-2-3-17-31-28(34)26(18-21-7-5-4-6-8-21)32(19-22-9-11-23(29)12-10-22)27(33)20-35-25-15-13-24(30)14-16-25/h4-16,26H,2-3,17-20H2,1H3,(H,31,34)/t26-/m0/s1. The molecule has 3 rings (SSSR count). The predicted octanol–water partition coefficient (Wildman–Crippen LogP) is 5.99. The van der Waals surface area contributed by atoms with E-state index in [-0.39, 0.29) is 18.4 Å². The number of carbonyl (C=O) groups excluding carboxylic acids is 2. The van der Waals surface area contributed by atoms with Crippen LogP contribution in [-0.4, -0.2) is 35.9 Å². The maximum absolute atomic E-state index is 13.5. The summed E-state index contributed by atoms with van der Waals surface area (Å²) in [4.78, 5) is 28.5. The summed E-state index contributed by atoms with van der Waals surface area (Å²) < 4.78 is 7.85. The number of ether oxygens (including phenoxy) is 1. The van der Waals surface area contributed by atoms with Gasteiger partial charge in [-0.3, -0.25) is 9.59 Å². The summed E-state index contributed by atoms with van der Waals surface area (Å²) in [6.45, 7) is 2.82. The molecule has 2 amide bonds. The van der Waals surface area contributed by atoms with Crippen molar-refractivity contribution < 1.29 is 14.3 Å². The maximum Gasteiger partial charge on any atom is 0.261 e. The summed E-state index contributed by atoms with van der Waals surface area (Å²) in [5.74, 6) is 0.231. The molecule has 0 fully saturated rings. The minimum atomic E-state index is -0.661. The zero-order chi connectivity index (χ0) is 25.0. The van der Waals surface area contributed by atoms with Crippen LogP contribution in [0.15, 0.2) is 83.3 Å². The molecule has 3 aromatic rings. The number of nitrogens with one attached hydrogen (secondary N) is 1. The van der Waals surface area contributed by atoms with Crippen molar-refractivity contribution in [2.75, 3.05) is 13.2 Å². The average molecular weight is 649 g/mol. The van der Waals surface area contributed by atoms with E-state index in [2.05, 4.69) is 50.8 Å². The van der Waals surface area contributed by atoms with Gasteiger partial charge in [0.25, 0.3) is 5.91 Å². The molecule has 0 heterocycles. The molecule has 35 heavy (non-hydrogen) atoms. The first kappa shape index (κ1) is 27.2. The van der Waals surface area contributed by atoms with Gasteiger partial charge in [-0.15, -0.1) is 0 Å². The molecule has 0 aromatic heterocycles. The van der Waals surface area contributed by atoms with Gasteiger partial charge in [-0.2, -0.15) is 0 Å². The van der Waals surface area contributed by atoms with Crippen LogP contribution in [0.1, 0.15) is 30.9 Å². The zero-order valence-corrected chi connectivity index (χ0v) is 23.5. The topological polar surface area (TPSA) is 58.6 Å². The van der Waals surface area contributed by atoms with E-state index in [4.69, 9.17) is 4.74 Å². The maximum atomic E-state index is 13.5. The van der Waals surface area contributed by atoms with Gasteiger partial charge in [0.15, 0.2) is 6.61 Å². The van der Waals surface area contributed by atoms with Gasteiger partial charge in [-0.1, -0.05) is 71.7 Å². The first-order valence-corrected chi connectivity index (χ1v) is 13.6. The molecule has 3 aromatic carbocycles. The van der Waals surface area contributed by atoms with Gasteiger partial charge in [0, 0.05) is 27.6 Å². The molecular formula is C28H30BrIN2O3. The lowest BCUT2D eigenvalue weighted by Crippen LogP contribution is -2.51. The van der Waals surface area contributed by atoms with Gasteiger partial charge in [0.2, 0.25) is 5.91 Å². The van der Waals surface area contributed by atoms with E-state index in [1.807, 2.05) is 78.9 Å². The summed E-state index contributed by atoms with van der Waals surface area (Å²) in [5, 5.41) is 3.03. The fraction of sp³-hybridized carbons (Fsp3) is 0.286. The molecule has 0 aliphatic heterocycles. The number of unbranched alkanes of at least 4 members (excludes halogenated alkanes) is 1. The quantitative estimate of drug-likeness (QED) is 0.194. The second-order valence-corrected chi connectivity index (χ2v) is 10.4. The van der Waals surface area contributed by atoms with Crippen LogP contribution in [0.4, 0.5) is 0 Å². The van der Waals surface area contributed by atoms with Crippen LogP contribution in [0, 0.1) is 3.57 Å². The third kappa shape index (κ3) is 8.96. The predicted molar refractivity (Wildman–Crippen MR) is 151 cm³/mol. The molecule has 0 aliphatic carbocycles. The fourth-order valence-electron chi connectivity index (χ4n) is 3.61. The highest BCUT2D eigenvalue weighted by atomic mass is 127. The second-order valence-electron chi connectivity index (χ2n) is 8.24. The Bertz CT molecular complexity index is 1080. The highest BCUT2D eigenvalue weighted by Crippen LogP contribution is 2.18. The molecule has 1 N–H and O–H groups in total. The number of hydrogen-bond donors (Lipinski definition) is 1. The molecule has 7 heteroatoms. The van der Waals surface area contributed by atoms with Crippen molar-refractivity contribution in [3.8, 4) is 5.75 Å². The third-order valence-electron chi connectivity index (χ3n) is 5.54. The number of amides is 2. The van der Waals surface area contributed by atoms with Crippen molar-refractivity contribution in [2.45, 2.75) is 38.8 Å². The number of rotatable bonds is 12. The first-order valence-electron chi connectivity index (χ1n) is 11.7. The van der Waals surface area contributed by atoms with Crippen molar-refractivity contribution >= 4 is 50.3 Å². The number of benzene rings is 3. The number of halogens is 2. The van der Waals surface area contributed by atoms with Gasteiger partial charge in [0.05, 0.1) is 0 Å². The van der Waals surface area contributed by atoms with Gasteiger partial charge in [0.1, 0.15) is 11.8 Å². The largest absolute Gasteiger partial charge is 0.484 e. The third-order valence-corrected chi connectivity index (χ3v) is 6.79. The van der Waals surface area contributed by atoms with E-state index in [1.54, 1.807) is 4.90 Å². The molecule has 0 aliphatic rings. The number of nitrogens with zero attached hydrogens (tertiary/aromatic N) is 1. The van der Waals surface area contributed by atoms with E-state index in [9.17, 15) is 9.59 Å². The van der Waals surface area contributed by atoms with Gasteiger partial charge in [-0.05, 0) is 76.5 Å². The fourth-order valence-corrected chi connectivity index (χ4v) is 4.23. The van der Waals surface area contributed by atoms with E-state index < -0.39 is 6.04 Å². The van der Waals surface area contributed by atoms with Crippen LogP contribution < -0.4 is 10.1 Å². The summed E-state index contributed by atoms with van der Waals surface area (Å²) in [7, 11) is 0. The van der Waals surface area contributed by atoms with Crippen LogP contribution in [0.2, 0.25) is 0 Å². The van der Waals surface area contributed by atoms with Crippen molar-refractivity contribution in [3.63, 3.8) is 0 Å². The lowest BCUT2D eigenvalue weighted by atomic mass is 10.0. The molecular weight excluding hydrogens is 619 g/mol. The molecule has 5 nitrogen and oxygen atoms in total. The Morgan fingerprint density at radius 2 is 1.66 bits per heavy atom. The van der Waals surface area contributed by atoms with Crippen LogP contribution >= 0.6 is 38.5 Å². The molecule has 0 unspecified atom stereocenters. The number of carbonyl (C=O) groups is 2. The lowest BCUT2D eigenvalue weighted by Gasteiger charge is -2.31. The Balaban J connectivity index is 1.86. The van der Waals surface area contributed by atoms with Gasteiger partial charge < -0.3 is 15.0 Å². The Morgan fingerprint density at radius 3 is 2.31 bits per heavy atom. The smallest absolute Gasteiger partial charge is 0.261 e. The summed E-state index contributed by atoms with van der Waals surface area (Å²) >= 11 is 5.69. The second kappa shape index (κ2) is 14.2.